The average molecular weight is 580 g/mol. The van der Waals surface area contributed by atoms with E-state index in [1.165, 1.54) is 60.9 Å². The van der Waals surface area contributed by atoms with Gasteiger partial charge in [0.2, 0.25) is 0 Å². The minimum absolute atomic E-state index is 0.0187. The molecular formula is C43H33NO. The molecule has 0 amide bonds. The highest BCUT2D eigenvalue weighted by molar-refractivity contribution is 6.19. The standard InChI is InChI=1S/C43H33NO/c1-43(2)38-14-8-6-12-34(38)35-24-23-33(27-39(35)43)44(31-10-4-3-5-11-31)32-21-18-28(19-22-32)30-17-16-29-20-25-41-42(37(29)26-30)36-13-7-9-15-40(36)45-41/h3-22,24-27,33H,23H2,1-2H3. The summed E-state index contributed by atoms with van der Waals surface area (Å²) in [7, 11) is 0. The number of allylic oxidation sites excluding steroid dienone is 2. The van der Waals surface area contributed by atoms with Gasteiger partial charge in [0, 0.05) is 27.6 Å². The Morgan fingerprint density at radius 2 is 1.36 bits per heavy atom. The maximum Gasteiger partial charge on any atom is 0.136 e. The Morgan fingerprint density at radius 1 is 0.644 bits per heavy atom. The summed E-state index contributed by atoms with van der Waals surface area (Å²) in [6, 6.07) is 48.4. The lowest BCUT2D eigenvalue weighted by Crippen LogP contribution is -2.32. The van der Waals surface area contributed by atoms with Crippen molar-refractivity contribution in [3.8, 4) is 11.1 Å². The zero-order valence-corrected chi connectivity index (χ0v) is 25.5. The molecule has 7 aromatic rings. The SMILES string of the molecule is CC1(C)C2=CC(N(c3ccccc3)c3ccc(-c4ccc5ccc6oc7ccccc7c6c5c4)cc3)CC=C2c2ccccc21. The Hall–Kier alpha value is -5.34. The summed E-state index contributed by atoms with van der Waals surface area (Å²) in [5.41, 5.74) is 12.3. The zero-order valence-electron chi connectivity index (χ0n) is 25.5. The average Bonchev–Trinajstić information content (AvgIpc) is 3.58. The summed E-state index contributed by atoms with van der Waals surface area (Å²) >= 11 is 0. The number of furan rings is 1. The van der Waals surface area contributed by atoms with Gasteiger partial charge in [-0.25, -0.2) is 0 Å². The predicted molar refractivity (Wildman–Crippen MR) is 189 cm³/mol. The van der Waals surface area contributed by atoms with Crippen LogP contribution in [0, 0.1) is 0 Å². The molecule has 2 aliphatic rings. The van der Waals surface area contributed by atoms with Crippen molar-refractivity contribution in [2.45, 2.75) is 31.7 Å². The Balaban J connectivity index is 1.11. The van der Waals surface area contributed by atoms with Crippen molar-refractivity contribution in [2.75, 3.05) is 4.90 Å². The molecule has 0 fully saturated rings. The van der Waals surface area contributed by atoms with Gasteiger partial charge in [0.05, 0.1) is 6.04 Å². The fourth-order valence-corrected chi connectivity index (χ4v) is 7.74. The topological polar surface area (TPSA) is 16.4 Å². The summed E-state index contributed by atoms with van der Waals surface area (Å²) in [5, 5.41) is 4.80. The van der Waals surface area contributed by atoms with Crippen LogP contribution in [-0.4, -0.2) is 6.04 Å². The minimum atomic E-state index is -0.0187. The lowest BCUT2D eigenvalue weighted by atomic mass is 9.79. The van der Waals surface area contributed by atoms with E-state index in [1.807, 2.05) is 12.1 Å². The summed E-state index contributed by atoms with van der Waals surface area (Å²) in [4.78, 5) is 2.50. The van der Waals surface area contributed by atoms with Crippen LogP contribution in [0.15, 0.2) is 156 Å². The van der Waals surface area contributed by atoms with Crippen molar-refractivity contribution in [3.63, 3.8) is 0 Å². The van der Waals surface area contributed by atoms with Gasteiger partial charge in [-0.1, -0.05) is 117 Å². The third-order valence-corrected chi connectivity index (χ3v) is 9.98. The number of hydrogen-bond donors (Lipinski definition) is 0. The number of hydrogen-bond acceptors (Lipinski definition) is 2. The van der Waals surface area contributed by atoms with Gasteiger partial charge < -0.3 is 9.32 Å². The highest BCUT2D eigenvalue weighted by Crippen LogP contribution is 2.52. The third kappa shape index (κ3) is 4.02. The molecule has 0 aliphatic heterocycles. The molecule has 0 saturated carbocycles. The van der Waals surface area contributed by atoms with Crippen molar-refractivity contribution in [1.29, 1.82) is 0 Å². The van der Waals surface area contributed by atoms with E-state index in [0.717, 1.165) is 23.0 Å². The van der Waals surface area contributed by atoms with Crippen molar-refractivity contribution < 1.29 is 4.42 Å². The van der Waals surface area contributed by atoms with Crippen LogP contribution in [0.4, 0.5) is 11.4 Å². The normalized spacial score (nSPS) is 16.8. The number of nitrogens with zero attached hydrogens (tertiary/aromatic N) is 1. The number of benzene rings is 6. The molecule has 2 nitrogen and oxygen atoms in total. The molecule has 0 N–H and O–H groups in total. The maximum absolute atomic E-state index is 6.19. The van der Waals surface area contributed by atoms with Gasteiger partial charge in [0.25, 0.3) is 0 Å². The second-order valence-electron chi connectivity index (χ2n) is 12.9. The molecular weight excluding hydrogens is 546 g/mol. The van der Waals surface area contributed by atoms with Gasteiger partial charge >= 0.3 is 0 Å². The molecule has 2 aliphatic carbocycles. The summed E-state index contributed by atoms with van der Waals surface area (Å²) in [6.45, 7) is 4.73. The lowest BCUT2D eigenvalue weighted by Gasteiger charge is -2.35. The van der Waals surface area contributed by atoms with Crippen LogP contribution in [0.25, 0.3) is 49.4 Å². The third-order valence-electron chi connectivity index (χ3n) is 9.98. The van der Waals surface area contributed by atoms with E-state index in [2.05, 4.69) is 152 Å². The van der Waals surface area contributed by atoms with Crippen LogP contribution >= 0.6 is 0 Å². The number of anilines is 2. The molecule has 6 aromatic carbocycles. The van der Waals surface area contributed by atoms with Gasteiger partial charge in [-0.2, -0.15) is 0 Å². The molecule has 1 heterocycles. The van der Waals surface area contributed by atoms with E-state index in [9.17, 15) is 0 Å². The maximum atomic E-state index is 6.19. The fraction of sp³-hybridized carbons (Fsp3) is 0.116. The highest BCUT2D eigenvalue weighted by atomic mass is 16.3. The van der Waals surface area contributed by atoms with E-state index in [-0.39, 0.29) is 11.5 Å². The van der Waals surface area contributed by atoms with E-state index in [0.29, 0.717) is 0 Å². The van der Waals surface area contributed by atoms with Crippen molar-refractivity contribution in [1.82, 2.24) is 0 Å². The van der Waals surface area contributed by atoms with Gasteiger partial charge in [0.15, 0.2) is 0 Å². The summed E-state index contributed by atoms with van der Waals surface area (Å²) in [6.07, 6.45) is 5.95. The molecule has 0 spiro atoms. The van der Waals surface area contributed by atoms with Crippen molar-refractivity contribution in [2.24, 2.45) is 0 Å². The number of fused-ring (bicyclic) bond motifs is 8. The number of rotatable bonds is 4. The summed E-state index contributed by atoms with van der Waals surface area (Å²) in [5.74, 6) is 0. The van der Waals surface area contributed by atoms with Crippen LogP contribution in [0.1, 0.15) is 31.4 Å². The van der Waals surface area contributed by atoms with Gasteiger partial charge in [0.1, 0.15) is 11.2 Å². The molecule has 0 radical (unpaired) electrons. The van der Waals surface area contributed by atoms with E-state index in [1.54, 1.807) is 0 Å². The van der Waals surface area contributed by atoms with Gasteiger partial charge in [-0.3, -0.25) is 0 Å². The predicted octanol–water partition coefficient (Wildman–Crippen LogP) is 11.6. The van der Waals surface area contributed by atoms with Crippen LogP contribution in [0.5, 0.6) is 0 Å². The van der Waals surface area contributed by atoms with Crippen molar-refractivity contribution in [3.05, 3.63) is 162 Å². The molecule has 45 heavy (non-hydrogen) atoms. The monoisotopic (exact) mass is 579 g/mol. The molecule has 0 bridgehead atoms. The van der Waals surface area contributed by atoms with Crippen LogP contribution in [0.2, 0.25) is 0 Å². The zero-order chi connectivity index (χ0) is 30.1. The second kappa shape index (κ2) is 9.84. The van der Waals surface area contributed by atoms with E-state index < -0.39 is 0 Å². The first-order valence-corrected chi connectivity index (χ1v) is 15.9. The molecule has 9 rings (SSSR count). The van der Waals surface area contributed by atoms with Gasteiger partial charge in [-0.05, 0) is 93.1 Å². The van der Waals surface area contributed by atoms with Gasteiger partial charge in [-0.15, -0.1) is 0 Å². The smallest absolute Gasteiger partial charge is 0.136 e. The molecule has 1 unspecified atom stereocenters. The fourth-order valence-electron chi connectivity index (χ4n) is 7.74. The molecule has 2 heteroatoms. The van der Waals surface area contributed by atoms with Crippen LogP contribution in [-0.2, 0) is 5.41 Å². The lowest BCUT2D eigenvalue weighted by molar-refractivity contribution is 0.644. The Labute approximate surface area is 263 Å². The number of para-hydroxylation sites is 2. The molecule has 1 aromatic heterocycles. The second-order valence-corrected chi connectivity index (χ2v) is 12.9. The quantitative estimate of drug-likeness (QED) is 0.206. The Kier molecular flexibility index (Phi) is 5.70. The first kappa shape index (κ1) is 26.1. The van der Waals surface area contributed by atoms with Crippen LogP contribution < -0.4 is 4.90 Å². The highest BCUT2D eigenvalue weighted by Gasteiger charge is 2.40. The largest absolute Gasteiger partial charge is 0.456 e. The Bertz CT molecular complexity index is 2320. The summed E-state index contributed by atoms with van der Waals surface area (Å²) < 4.78 is 6.19. The Morgan fingerprint density at radius 3 is 2.22 bits per heavy atom. The van der Waals surface area contributed by atoms with Crippen molar-refractivity contribution >= 4 is 49.7 Å². The van der Waals surface area contributed by atoms with E-state index in [4.69, 9.17) is 4.42 Å². The molecule has 1 atom stereocenters. The first-order valence-electron chi connectivity index (χ1n) is 15.9. The molecule has 0 saturated heterocycles. The van der Waals surface area contributed by atoms with Crippen LogP contribution in [0.3, 0.4) is 0 Å². The molecule has 216 valence electrons. The first-order chi connectivity index (χ1) is 22.1. The van der Waals surface area contributed by atoms with E-state index >= 15 is 0 Å². The minimum Gasteiger partial charge on any atom is -0.456 e.